The van der Waals surface area contributed by atoms with Gasteiger partial charge in [-0.05, 0) is 30.2 Å². The van der Waals surface area contributed by atoms with Crippen molar-refractivity contribution in [3.05, 3.63) is 35.0 Å². The predicted octanol–water partition coefficient (Wildman–Crippen LogP) is -0.756. The molecule has 1 aliphatic rings. The maximum Gasteiger partial charge on any atom is 0.326 e. The van der Waals surface area contributed by atoms with Gasteiger partial charge in [-0.3, -0.25) is 9.59 Å². The molecule has 2 heterocycles. The van der Waals surface area contributed by atoms with Crippen molar-refractivity contribution in [1.29, 1.82) is 0 Å². The number of carbonyl (C=O) groups is 3. The summed E-state index contributed by atoms with van der Waals surface area (Å²) in [5.74, 6) is -3.26. The average Bonchev–Trinajstić information content (AvgIpc) is 3.12. The maximum atomic E-state index is 12.6. The van der Waals surface area contributed by atoms with Gasteiger partial charge in [-0.25, -0.2) is 4.79 Å². The van der Waals surface area contributed by atoms with Gasteiger partial charge in [0.15, 0.2) is 6.23 Å². The molecule has 3 rings (SSSR count). The number of ether oxygens (including phenoxy) is 1. The number of rotatable bonds is 9. The van der Waals surface area contributed by atoms with E-state index < -0.39 is 67.6 Å². The summed E-state index contributed by atoms with van der Waals surface area (Å²) >= 11 is 6.11. The standard InChI is InChI=1S/C21H25ClN2O10/c22-10-1-3-13-11(6-10)9(5-15(26)23-12(21(32)33)2-4-16(27)28)7-24(13)20-19(31)18(30)17(29)14(8-25)34-20/h1,3,6-7,12,14,17-20,25,29-31H,2,4-5,8H2,(H,23,26)(H,27,28)(H,32,33)/t12-,14-,17-,18+,19-,20-/m1/s1. The van der Waals surface area contributed by atoms with Crippen LogP contribution in [-0.4, -0.2) is 90.1 Å². The summed E-state index contributed by atoms with van der Waals surface area (Å²) in [4.78, 5) is 34.7. The molecule has 0 spiro atoms. The number of benzene rings is 1. The van der Waals surface area contributed by atoms with Crippen LogP contribution in [0.2, 0.25) is 5.02 Å². The molecule has 13 heteroatoms. The highest BCUT2D eigenvalue weighted by molar-refractivity contribution is 6.31. The number of halogens is 1. The zero-order chi connectivity index (χ0) is 25.2. The fourth-order valence-corrected chi connectivity index (χ4v) is 4.08. The van der Waals surface area contributed by atoms with Gasteiger partial charge in [-0.1, -0.05) is 11.6 Å². The molecule has 186 valence electrons. The van der Waals surface area contributed by atoms with Gasteiger partial charge in [0.25, 0.3) is 0 Å². The van der Waals surface area contributed by atoms with Crippen molar-refractivity contribution in [2.45, 2.75) is 55.9 Å². The first-order chi connectivity index (χ1) is 16.0. The van der Waals surface area contributed by atoms with Crippen LogP contribution >= 0.6 is 11.6 Å². The minimum atomic E-state index is -1.61. The SMILES string of the molecule is O=C(O)CC[C@@H](NC(=O)Cc1cn([C@@H]2O[C@H](CO)[C@@H](O)[C@H](O)[C@H]2O)c2ccc(Cl)cc12)C(=O)O. The number of nitrogens with zero attached hydrogens (tertiary/aromatic N) is 1. The Bertz CT molecular complexity index is 1070. The summed E-state index contributed by atoms with van der Waals surface area (Å²) < 4.78 is 7.04. The van der Waals surface area contributed by atoms with Gasteiger partial charge in [0, 0.05) is 23.0 Å². The van der Waals surface area contributed by atoms with Crippen molar-refractivity contribution in [2.24, 2.45) is 0 Å². The largest absolute Gasteiger partial charge is 0.481 e. The van der Waals surface area contributed by atoms with Crippen molar-refractivity contribution in [3.63, 3.8) is 0 Å². The van der Waals surface area contributed by atoms with Crippen molar-refractivity contribution < 1.29 is 49.8 Å². The molecule has 0 unspecified atom stereocenters. The lowest BCUT2D eigenvalue weighted by atomic mass is 9.98. The van der Waals surface area contributed by atoms with Crippen LogP contribution in [0.5, 0.6) is 0 Å². The summed E-state index contributed by atoms with van der Waals surface area (Å²) in [5, 5.41) is 61.3. The number of aliphatic hydroxyl groups excluding tert-OH is 4. The fourth-order valence-electron chi connectivity index (χ4n) is 3.90. The molecule has 6 atom stereocenters. The van der Waals surface area contributed by atoms with Gasteiger partial charge in [-0.2, -0.15) is 0 Å². The normalized spacial score (nSPS) is 25.7. The van der Waals surface area contributed by atoms with Crippen LogP contribution in [0.4, 0.5) is 0 Å². The first kappa shape index (κ1) is 25.9. The van der Waals surface area contributed by atoms with Gasteiger partial charge >= 0.3 is 11.9 Å². The molecule has 0 bridgehead atoms. The van der Waals surface area contributed by atoms with Crippen molar-refractivity contribution in [2.75, 3.05) is 6.61 Å². The van der Waals surface area contributed by atoms with E-state index in [4.69, 9.17) is 21.4 Å². The van der Waals surface area contributed by atoms with Crippen LogP contribution in [0.3, 0.4) is 0 Å². The third-order valence-electron chi connectivity index (χ3n) is 5.65. The van der Waals surface area contributed by atoms with Crippen molar-refractivity contribution in [3.8, 4) is 0 Å². The Morgan fingerprint density at radius 2 is 1.82 bits per heavy atom. The second-order valence-electron chi connectivity index (χ2n) is 8.01. The highest BCUT2D eigenvalue weighted by Crippen LogP contribution is 2.34. The molecule has 0 saturated carbocycles. The molecule has 2 aromatic rings. The molecular formula is C21H25ClN2O10. The van der Waals surface area contributed by atoms with E-state index in [1.807, 2.05) is 0 Å². The van der Waals surface area contributed by atoms with Gasteiger partial charge in [0.05, 0.1) is 18.5 Å². The molecule has 0 radical (unpaired) electrons. The first-order valence-electron chi connectivity index (χ1n) is 10.4. The highest BCUT2D eigenvalue weighted by Gasteiger charge is 2.44. The Labute approximate surface area is 197 Å². The number of fused-ring (bicyclic) bond motifs is 1. The summed E-state index contributed by atoms with van der Waals surface area (Å²) in [6, 6.07) is 3.30. The first-order valence-corrected chi connectivity index (χ1v) is 10.7. The number of aliphatic hydroxyl groups is 4. The number of carbonyl (C=O) groups excluding carboxylic acids is 1. The van der Waals surface area contributed by atoms with E-state index in [-0.39, 0.29) is 12.8 Å². The zero-order valence-electron chi connectivity index (χ0n) is 17.7. The van der Waals surface area contributed by atoms with Gasteiger partial charge < -0.3 is 45.3 Å². The summed E-state index contributed by atoms with van der Waals surface area (Å²) in [6.45, 7) is -0.616. The average molecular weight is 501 g/mol. The van der Waals surface area contributed by atoms with Crippen molar-refractivity contribution >= 4 is 40.3 Å². The van der Waals surface area contributed by atoms with E-state index in [1.54, 1.807) is 18.2 Å². The Balaban J connectivity index is 1.91. The van der Waals surface area contributed by atoms with Crippen LogP contribution in [0.25, 0.3) is 10.9 Å². The Hall–Kier alpha value is -2.74. The molecule has 1 amide bonds. The monoisotopic (exact) mass is 500 g/mol. The van der Waals surface area contributed by atoms with Crippen LogP contribution in [-0.2, 0) is 25.5 Å². The zero-order valence-corrected chi connectivity index (χ0v) is 18.5. The number of nitrogens with one attached hydrogen (secondary N) is 1. The molecule has 1 fully saturated rings. The minimum Gasteiger partial charge on any atom is -0.481 e. The third kappa shape index (κ3) is 5.49. The number of hydrogen-bond acceptors (Lipinski definition) is 8. The summed E-state index contributed by atoms with van der Waals surface area (Å²) in [6.07, 6.45) is -6.69. The lowest BCUT2D eigenvalue weighted by molar-refractivity contribution is -0.250. The van der Waals surface area contributed by atoms with Gasteiger partial charge in [0.2, 0.25) is 5.91 Å². The molecule has 1 aromatic carbocycles. The van der Waals surface area contributed by atoms with Crippen LogP contribution in [0.1, 0.15) is 24.6 Å². The highest BCUT2D eigenvalue weighted by atomic mass is 35.5. The third-order valence-corrected chi connectivity index (χ3v) is 5.89. The van der Waals surface area contributed by atoms with E-state index in [0.717, 1.165) is 0 Å². The van der Waals surface area contributed by atoms with Crippen LogP contribution in [0, 0.1) is 0 Å². The molecule has 7 N–H and O–H groups in total. The number of carboxylic acids is 2. The fraction of sp³-hybridized carbons (Fsp3) is 0.476. The molecule has 1 aromatic heterocycles. The number of amides is 1. The number of hydrogen-bond donors (Lipinski definition) is 7. The van der Waals surface area contributed by atoms with E-state index in [0.29, 0.717) is 21.5 Å². The quantitative estimate of drug-likeness (QED) is 0.229. The van der Waals surface area contributed by atoms with Gasteiger partial charge in [0.1, 0.15) is 30.5 Å². The Morgan fingerprint density at radius 1 is 1.12 bits per heavy atom. The number of aromatic nitrogens is 1. The number of aliphatic carboxylic acids is 2. The van der Waals surface area contributed by atoms with Gasteiger partial charge in [-0.15, -0.1) is 0 Å². The van der Waals surface area contributed by atoms with E-state index in [2.05, 4.69) is 5.32 Å². The summed E-state index contributed by atoms with van der Waals surface area (Å²) in [7, 11) is 0. The second-order valence-corrected chi connectivity index (χ2v) is 8.45. The molecule has 1 saturated heterocycles. The van der Waals surface area contributed by atoms with E-state index in [9.17, 15) is 39.9 Å². The van der Waals surface area contributed by atoms with Crippen LogP contribution in [0.15, 0.2) is 24.4 Å². The second kappa shape index (κ2) is 10.7. The molecule has 34 heavy (non-hydrogen) atoms. The Morgan fingerprint density at radius 3 is 2.44 bits per heavy atom. The Kier molecular flexibility index (Phi) is 8.13. The lowest BCUT2D eigenvalue weighted by Crippen LogP contribution is -2.56. The predicted molar refractivity (Wildman–Crippen MR) is 116 cm³/mol. The van der Waals surface area contributed by atoms with E-state index >= 15 is 0 Å². The van der Waals surface area contributed by atoms with Crippen LogP contribution < -0.4 is 5.32 Å². The molecular weight excluding hydrogens is 476 g/mol. The molecule has 0 aliphatic carbocycles. The smallest absolute Gasteiger partial charge is 0.326 e. The summed E-state index contributed by atoms with van der Waals surface area (Å²) in [5.41, 5.74) is 0.839. The maximum absolute atomic E-state index is 12.6. The topological polar surface area (TPSA) is 199 Å². The minimum absolute atomic E-state index is 0.297. The van der Waals surface area contributed by atoms with Crippen molar-refractivity contribution in [1.82, 2.24) is 9.88 Å². The number of carboxylic acid groups (broad SMARTS) is 2. The molecule has 12 nitrogen and oxygen atoms in total. The van der Waals surface area contributed by atoms with E-state index in [1.165, 1.54) is 10.8 Å². The lowest BCUT2D eigenvalue weighted by Gasteiger charge is -2.40. The molecule has 1 aliphatic heterocycles.